The Hall–Kier alpha value is -1.58. The van der Waals surface area contributed by atoms with E-state index in [0.717, 1.165) is 39.3 Å². The Balaban J connectivity index is 2.00. The molecule has 0 atom stereocenters. The van der Waals surface area contributed by atoms with Crippen molar-refractivity contribution in [2.24, 2.45) is 0 Å². The molecule has 98 valence electrons. The molecule has 2 rings (SSSR count). The van der Waals surface area contributed by atoms with E-state index in [-0.39, 0.29) is 11.5 Å². The Bertz CT molecular complexity index is 361. The van der Waals surface area contributed by atoms with Gasteiger partial charge in [-0.2, -0.15) is 5.26 Å². The summed E-state index contributed by atoms with van der Waals surface area (Å²) in [6.45, 7) is 6.46. The molecule has 6 nitrogen and oxygen atoms in total. The molecule has 2 N–H and O–H groups in total. The third-order valence-electron chi connectivity index (χ3n) is 3.22. The summed E-state index contributed by atoms with van der Waals surface area (Å²) < 4.78 is 0. The van der Waals surface area contributed by atoms with Crippen LogP contribution < -0.4 is 10.6 Å². The summed E-state index contributed by atoms with van der Waals surface area (Å²) in [5.74, 6) is -0.141. The molecule has 2 aliphatic rings. The molecule has 2 aliphatic heterocycles. The van der Waals surface area contributed by atoms with Crippen LogP contribution in [0.25, 0.3) is 0 Å². The summed E-state index contributed by atoms with van der Waals surface area (Å²) in [4.78, 5) is 15.9. The lowest BCUT2D eigenvalue weighted by Gasteiger charge is -2.29. The molecule has 0 spiro atoms. The van der Waals surface area contributed by atoms with Crippen molar-refractivity contribution in [3.8, 4) is 6.07 Å². The topological polar surface area (TPSA) is 71.4 Å². The maximum Gasteiger partial charge on any atom is 0.266 e. The molecule has 0 aromatic carbocycles. The molecule has 1 amide bonds. The van der Waals surface area contributed by atoms with Crippen molar-refractivity contribution < 1.29 is 4.79 Å². The van der Waals surface area contributed by atoms with Crippen LogP contribution >= 0.6 is 0 Å². The van der Waals surface area contributed by atoms with Gasteiger partial charge in [-0.1, -0.05) is 0 Å². The van der Waals surface area contributed by atoms with Gasteiger partial charge in [0.25, 0.3) is 5.91 Å². The molecule has 2 heterocycles. The fraction of sp³-hybridized carbons (Fsp3) is 0.667. The highest BCUT2D eigenvalue weighted by molar-refractivity contribution is 5.97. The van der Waals surface area contributed by atoms with Gasteiger partial charge in [0.05, 0.1) is 0 Å². The average molecular weight is 249 g/mol. The van der Waals surface area contributed by atoms with Gasteiger partial charge in [0, 0.05) is 58.6 Å². The molecule has 0 saturated carbocycles. The molecule has 0 radical (unpaired) electrons. The van der Waals surface area contributed by atoms with Gasteiger partial charge in [0.2, 0.25) is 0 Å². The van der Waals surface area contributed by atoms with Crippen LogP contribution in [0.3, 0.4) is 0 Å². The van der Waals surface area contributed by atoms with E-state index in [1.807, 2.05) is 11.0 Å². The van der Waals surface area contributed by atoms with Gasteiger partial charge in [0.15, 0.2) is 0 Å². The number of hydrogen-bond acceptors (Lipinski definition) is 5. The summed E-state index contributed by atoms with van der Waals surface area (Å²) in [7, 11) is 0. The number of nitrogens with one attached hydrogen (secondary N) is 2. The van der Waals surface area contributed by atoms with Crippen LogP contribution in [0.2, 0.25) is 0 Å². The minimum absolute atomic E-state index is 0.141. The first-order chi connectivity index (χ1) is 8.81. The van der Waals surface area contributed by atoms with Crippen LogP contribution in [0.4, 0.5) is 0 Å². The van der Waals surface area contributed by atoms with Crippen LogP contribution in [0.5, 0.6) is 0 Å². The van der Waals surface area contributed by atoms with Crippen molar-refractivity contribution in [1.82, 2.24) is 20.4 Å². The lowest BCUT2D eigenvalue weighted by Crippen LogP contribution is -2.47. The van der Waals surface area contributed by atoms with Crippen molar-refractivity contribution in [3.63, 3.8) is 0 Å². The Morgan fingerprint density at radius 1 is 1.06 bits per heavy atom. The molecule has 2 saturated heterocycles. The number of carbonyl (C=O) groups excluding carboxylic acids is 1. The number of carbonyl (C=O) groups is 1. The summed E-state index contributed by atoms with van der Waals surface area (Å²) in [5, 5.41) is 15.6. The lowest BCUT2D eigenvalue weighted by atomic mass is 10.2. The highest BCUT2D eigenvalue weighted by Gasteiger charge is 2.21. The van der Waals surface area contributed by atoms with Crippen LogP contribution in [-0.4, -0.2) is 68.1 Å². The predicted octanol–water partition coefficient (Wildman–Crippen LogP) is -1.27. The third-order valence-corrected chi connectivity index (χ3v) is 3.22. The van der Waals surface area contributed by atoms with Crippen molar-refractivity contribution in [2.45, 2.75) is 0 Å². The number of rotatable bonds is 2. The molecule has 18 heavy (non-hydrogen) atoms. The minimum Gasteiger partial charge on any atom is -0.374 e. The van der Waals surface area contributed by atoms with E-state index in [0.29, 0.717) is 13.1 Å². The lowest BCUT2D eigenvalue weighted by molar-refractivity contribution is -0.127. The first-order valence-electron chi connectivity index (χ1n) is 6.38. The molecule has 0 aromatic heterocycles. The molecule has 0 aliphatic carbocycles. The van der Waals surface area contributed by atoms with Gasteiger partial charge >= 0.3 is 0 Å². The Morgan fingerprint density at radius 3 is 2.17 bits per heavy atom. The summed E-state index contributed by atoms with van der Waals surface area (Å²) >= 11 is 0. The van der Waals surface area contributed by atoms with E-state index in [4.69, 9.17) is 5.26 Å². The quantitative estimate of drug-likeness (QED) is 0.472. The fourth-order valence-electron chi connectivity index (χ4n) is 2.16. The maximum absolute atomic E-state index is 12.2. The number of nitrogens with zero attached hydrogens (tertiary/aromatic N) is 3. The Morgan fingerprint density at radius 2 is 1.61 bits per heavy atom. The van der Waals surface area contributed by atoms with Crippen molar-refractivity contribution >= 4 is 5.91 Å². The van der Waals surface area contributed by atoms with Crippen LogP contribution in [-0.2, 0) is 4.79 Å². The summed E-state index contributed by atoms with van der Waals surface area (Å²) in [5.41, 5.74) is 0.249. The highest BCUT2D eigenvalue weighted by atomic mass is 16.2. The van der Waals surface area contributed by atoms with Crippen molar-refractivity contribution in [3.05, 3.63) is 11.8 Å². The second kappa shape index (κ2) is 6.38. The van der Waals surface area contributed by atoms with Crippen molar-refractivity contribution in [2.75, 3.05) is 52.4 Å². The van der Waals surface area contributed by atoms with E-state index in [9.17, 15) is 4.79 Å². The van der Waals surface area contributed by atoms with Gasteiger partial charge in [-0.3, -0.25) is 4.79 Å². The zero-order chi connectivity index (χ0) is 12.8. The fourth-order valence-corrected chi connectivity index (χ4v) is 2.16. The number of hydrogen-bond donors (Lipinski definition) is 2. The van der Waals surface area contributed by atoms with Crippen molar-refractivity contribution in [1.29, 1.82) is 5.26 Å². The number of nitriles is 1. The second-order valence-electron chi connectivity index (χ2n) is 4.48. The normalized spacial score (nSPS) is 21.6. The first kappa shape index (κ1) is 12.9. The molecular weight excluding hydrogens is 230 g/mol. The first-order valence-corrected chi connectivity index (χ1v) is 6.38. The summed E-state index contributed by atoms with van der Waals surface area (Å²) in [6.07, 6.45) is 1.71. The smallest absolute Gasteiger partial charge is 0.266 e. The summed E-state index contributed by atoms with van der Waals surface area (Å²) in [6, 6.07) is 2.03. The molecule has 6 heteroatoms. The van der Waals surface area contributed by atoms with Crippen LogP contribution in [0.15, 0.2) is 11.8 Å². The minimum atomic E-state index is -0.141. The maximum atomic E-state index is 12.2. The van der Waals surface area contributed by atoms with Gasteiger partial charge in [-0.25, -0.2) is 0 Å². The standard InChI is InChI=1S/C12H19N5O/c13-9-11(10-16-5-1-14-2-6-16)12(18)17-7-3-15-4-8-17/h10,14-15H,1-8H2/b11-10-. The van der Waals surface area contributed by atoms with Gasteiger partial charge in [-0.15, -0.1) is 0 Å². The zero-order valence-corrected chi connectivity index (χ0v) is 10.5. The van der Waals surface area contributed by atoms with Gasteiger partial charge < -0.3 is 20.4 Å². The largest absolute Gasteiger partial charge is 0.374 e. The molecule has 0 unspecified atom stereocenters. The zero-order valence-electron chi connectivity index (χ0n) is 10.5. The van der Waals surface area contributed by atoms with Gasteiger partial charge in [-0.05, 0) is 0 Å². The number of piperazine rings is 2. The van der Waals surface area contributed by atoms with E-state index < -0.39 is 0 Å². The molecule has 0 bridgehead atoms. The highest BCUT2D eigenvalue weighted by Crippen LogP contribution is 2.05. The Kier molecular flexibility index (Phi) is 4.56. The molecule has 0 aromatic rings. The third kappa shape index (κ3) is 3.22. The Labute approximate surface area is 107 Å². The van der Waals surface area contributed by atoms with E-state index in [2.05, 4.69) is 10.6 Å². The predicted molar refractivity (Wildman–Crippen MR) is 67.6 cm³/mol. The van der Waals surface area contributed by atoms with Crippen LogP contribution in [0.1, 0.15) is 0 Å². The second-order valence-corrected chi connectivity index (χ2v) is 4.48. The van der Waals surface area contributed by atoms with Crippen LogP contribution in [0, 0.1) is 11.3 Å². The SMILES string of the molecule is N#C/C(=C/N1CCNCC1)C(=O)N1CCNCC1. The van der Waals surface area contributed by atoms with E-state index in [1.54, 1.807) is 11.1 Å². The van der Waals surface area contributed by atoms with E-state index >= 15 is 0 Å². The average Bonchev–Trinajstić information content (AvgIpc) is 2.46. The molecule has 2 fully saturated rings. The van der Waals surface area contributed by atoms with Gasteiger partial charge in [0.1, 0.15) is 11.6 Å². The molecular formula is C12H19N5O. The number of amides is 1. The monoisotopic (exact) mass is 249 g/mol. The van der Waals surface area contributed by atoms with E-state index in [1.165, 1.54) is 0 Å².